The fourth-order valence-corrected chi connectivity index (χ4v) is 1.33. The van der Waals surface area contributed by atoms with Crippen LogP contribution in [0.4, 0.5) is 0 Å². The van der Waals surface area contributed by atoms with E-state index in [9.17, 15) is 0 Å². The largest absolute Gasteiger partial charge is 0.411 e. The summed E-state index contributed by atoms with van der Waals surface area (Å²) in [6.45, 7) is 0. The van der Waals surface area contributed by atoms with Gasteiger partial charge < -0.3 is 5.21 Å². The third-order valence-corrected chi connectivity index (χ3v) is 1.94. The van der Waals surface area contributed by atoms with Gasteiger partial charge in [-0.15, -0.1) is 0 Å². The maximum atomic E-state index is 8.66. The van der Waals surface area contributed by atoms with Gasteiger partial charge in [0.2, 0.25) is 0 Å². The van der Waals surface area contributed by atoms with Gasteiger partial charge in [-0.05, 0) is 11.6 Å². The van der Waals surface area contributed by atoms with E-state index in [1.165, 1.54) is 0 Å². The number of hydrogen-bond acceptors (Lipinski definition) is 3. The number of oxime groups is 1. The molecule has 3 heteroatoms. The molecule has 1 N–H and O–H groups in total. The van der Waals surface area contributed by atoms with Crippen molar-refractivity contribution >= 4 is 11.9 Å². The fourth-order valence-electron chi connectivity index (χ4n) is 1.33. The molecule has 1 atom stereocenters. The summed E-state index contributed by atoms with van der Waals surface area (Å²) in [4.78, 5) is 3.99. The molecule has 1 heterocycles. The average Bonchev–Trinajstić information content (AvgIpc) is 2.17. The number of aliphatic imine (C=N–C) groups is 1. The Morgan fingerprint density at radius 3 is 3.25 bits per heavy atom. The van der Waals surface area contributed by atoms with E-state index in [4.69, 9.17) is 5.21 Å². The van der Waals surface area contributed by atoms with Gasteiger partial charge >= 0.3 is 0 Å². The van der Waals surface area contributed by atoms with Crippen LogP contribution in [0, 0.1) is 5.92 Å². The Balaban J connectivity index is 2.42. The van der Waals surface area contributed by atoms with Gasteiger partial charge in [-0.1, -0.05) is 23.4 Å². The molecule has 0 unspecified atom stereocenters. The summed E-state index contributed by atoms with van der Waals surface area (Å²) in [5.41, 5.74) is 1.72. The van der Waals surface area contributed by atoms with Crippen molar-refractivity contribution < 1.29 is 5.21 Å². The van der Waals surface area contributed by atoms with Crippen LogP contribution < -0.4 is 0 Å². The highest BCUT2D eigenvalue weighted by molar-refractivity contribution is 6.06. The molecule has 0 saturated carbocycles. The predicted octanol–water partition coefficient (Wildman–Crippen LogP) is 1.53. The summed E-state index contributed by atoms with van der Waals surface area (Å²) < 4.78 is 0. The maximum Gasteiger partial charge on any atom is 0.0909 e. The van der Waals surface area contributed by atoms with E-state index in [-0.39, 0.29) is 5.92 Å². The molecule has 2 aliphatic rings. The van der Waals surface area contributed by atoms with Gasteiger partial charge in [-0.2, -0.15) is 0 Å². The lowest BCUT2D eigenvalue weighted by molar-refractivity contribution is 0.317. The van der Waals surface area contributed by atoms with Gasteiger partial charge in [-0.25, -0.2) is 0 Å². The van der Waals surface area contributed by atoms with Crippen LogP contribution in [-0.2, 0) is 0 Å². The summed E-state index contributed by atoms with van der Waals surface area (Å²) in [7, 11) is 0. The Kier molecular flexibility index (Phi) is 1.63. The average molecular weight is 160 g/mol. The van der Waals surface area contributed by atoms with E-state index in [0.717, 1.165) is 5.57 Å². The summed E-state index contributed by atoms with van der Waals surface area (Å²) in [5.74, 6) is 0.0810. The SMILES string of the molecule is O/N=C1\C=CC=C2C=NC=C[C@H]21. The molecular formula is C9H8N2O. The molecule has 60 valence electrons. The second-order valence-electron chi connectivity index (χ2n) is 2.65. The van der Waals surface area contributed by atoms with Crippen molar-refractivity contribution in [3.8, 4) is 0 Å². The first-order valence-corrected chi connectivity index (χ1v) is 3.72. The molecule has 0 aromatic heterocycles. The molecule has 0 saturated heterocycles. The number of hydrogen-bond donors (Lipinski definition) is 1. The monoisotopic (exact) mass is 160 g/mol. The zero-order valence-electron chi connectivity index (χ0n) is 6.38. The van der Waals surface area contributed by atoms with E-state index in [0.29, 0.717) is 5.71 Å². The van der Waals surface area contributed by atoms with E-state index >= 15 is 0 Å². The third-order valence-electron chi connectivity index (χ3n) is 1.94. The van der Waals surface area contributed by atoms with E-state index in [2.05, 4.69) is 10.1 Å². The maximum absolute atomic E-state index is 8.66. The van der Waals surface area contributed by atoms with Crippen LogP contribution in [0.5, 0.6) is 0 Å². The van der Waals surface area contributed by atoms with Crippen LogP contribution >= 0.6 is 0 Å². The fraction of sp³-hybridized carbons (Fsp3) is 0.111. The van der Waals surface area contributed by atoms with Crippen molar-refractivity contribution in [2.75, 3.05) is 0 Å². The lowest BCUT2D eigenvalue weighted by Gasteiger charge is -2.17. The number of rotatable bonds is 0. The first-order chi connectivity index (χ1) is 5.92. The van der Waals surface area contributed by atoms with Crippen LogP contribution in [-0.4, -0.2) is 17.1 Å². The van der Waals surface area contributed by atoms with Crippen LogP contribution in [0.15, 0.2) is 46.2 Å². The Bertz CT molecular complexity index is 334. The molecule has 0 amide bonds. The van der Waals surface area contributed by atoms with Gasteiger partial charge in [0.05, 0.1) is 11.6 Å². The lowest BCUT2D eigenvalue weighted by atomic mass is 9.89. The number of nitrogens with zero attached hydrogens (tertiary/aromatic N) is 2. The van der Waals surface area contributed by atoms with Gasteiger partial charge in [0.25, 0.3) is 0 Å². The highest BCUT2D eigenvalue weighted by atomic mass is 16.4. The molecule has 12 heavy (non-hydrogen) atoms. The summed E-state index contributed by atoms with van der Waals surface area (Å²) in [6, 6.07) is 0. The molecule has 3 nitrogen and oxygen atoms in total. The third kappa shape index (κ3) is 0.993. The molecule has 1 aliphatic heterocycles. The first-order valence-electron chi connectivity index (χ1n) is 3.72. The molecule has 0 fully saturated rings. The van der Waals surface area contributed by atoms with Crippen LogP contribution in [0.1, 0.15) is 0 Å². The van der Waals surface area contributed by atoms with Crippen molar-refractivity contribution in [1.82, 2.24) is 0 Å². The Morgan fingerprint density at radius 1 is 1.50 bits per heavy atom. The molecule has 1 aliphatic carbocycles. The summed E-state index contributed by atoms with van der Waals surface area (Å²) in [6.07, 6.45) is 11.0. The molecule has 0 radical (unpaired) electrons. The zero-order valence-corrected chi connectivity index (χ0v) is 6.38. The second kappa shape index (κ2) is 2.77. The minimum absolute atomic E-state index is 0.0810. The smallest absolute Gasteiger partial charge is 0.0909 e. The molecule has 2 rings (SSSR count). The van der Waals surface area contributed by atoms with Crippen molar-refractivity contribution in [2.45, 2.75) is 0 Å². The minimum atomic E-state index is 0.0810. The quantitative estimate of drug-likeness (QED) is 0.424. The summed E-state index contributed by atoms with van der Waals surface area (Å²) >= 11 is 0. The predicted molar refractivity (Wildman–Crippen MR) is 47.6 cm³/mol. The standard InChI is InChI=1S/C9H8N2O/c12-11-9-3-1-2-7-6-10-5-4-8(7)9/h1-6,8,12H/b11-9+/t8-/m1/s1. The number of allylic oxidation sites excluding steroid dienone is 5. The normalized spacial score (nSPS) is 28.8. The number of fused-ring (bicyclic) bond motifs is 1. The van der Waals surface area contributed by atoms with Crippen LogP contribution in [0.3, 0.4) is 0 Å². The van der Waals surface area contributed by atoms with Gasteiger partial charge in [0.1, 0.15) is 0 Å². The highest BCUT2D eigenvalue weighted by Gasteiger charge is 2.19. The molecule has 0 bridgehead atoms. The highest BCUT2D eigenvalue weighted by Crippen LogP contribution is 2.21. The minimum Gasteiger partial charge on any atom is -0.411 e. The summed E-state index contributed by atoms with van der Waals surface area (Å²) in [5, 5.41) is 11.9. The van der Waals surface area contributed by atoms with Crippen LogP contribution in [0.25, 0.3) is 0 Å². The second-order valence-corrected chi connectivity index (χ2v) is 2.65. The topological polar surface area (TPSA) is 45.0 Å². The van der Waals surface area contributed by atoms with Crippen LogP contribution in [0.2, 0.25) is 0 Å². The Morgan fingerprint density at radius 2 is 2.42 bits per heavy atom. The molecule has 0 aromatic carbocycles. The van der Waals surface area contributed by atoms with Crippen molar-refractivity contribution in [2.24, 2.45) is 16.1 Å². The van der Waals surface area contributed by atoms with E-state index in [1.807, 2.05) is 18.2 Å². The zero-order chi connectivity index (χ0) is 8.39. The first kappa shape index (κ1) is 7.03. The van der Waals surface area contributed by atoms with E-state index < -0.39 is 0 Å². The van der Waals surface area contributed by atoms with Gasteiger partial charge in [0, 0.05) is 12.4 Å². The van der Waals surface area contributed by atoms with E-state index in [1.54, 1.807) is 18.5 Å². The van der Waals surface area contributed by atoms with Crippen molar-refractivity contribution in [1.29, 1.82) is 0 Å². The van der Waals surface area contributed by atoms with Crippen molar-refractivity contribution in [3.63, 3.8) is 0 Å². The lowest BCUT2D eigenvalue weighted by Crippen LogP contribution is -2.17. The van der Waals surface area contributed by atoms with Gasteiger partial charge in [-0.3, -0.25) is 4.99 Å². The van der Waals surface area contributed by atoms with Crippen molar-refractivity contribution in [3.05, 3.63) is 36.1 Å². The molecule has 0 spiro atoms. The Labute approximate surface area is 70.1 Å². The molecular weight excluding hydrogens is 152 g/mol. The van der Waals surface area contributed by atoms with Gasteiger partial charge in [0.15, 0.2) is 0 Å². The Hall–Kier alpha value is -1.64. The molecule has 0 aromatic rings.